The number of benzene rings is 4. The van der Waals surface area contributed by atoms with E-state index in [1.165, 1.54) is 0 Å². The molecule has 0 spiro atoms. The molecule has 4 aromatic carbocycles. The van der Waals surface area contributed by atoms with Crippen LogP contribution in [0, 0.1) is 5.92 Å². The summed E-state index contributed by atoms with van der Waals surface area (Å²) in [6.45, 7) is 6.88. The van der Waals surface area contributed by atoms with Gasteiger partial charge in [0.1, 0.15) is 11.6 Å². The lowest BCUT2D eigenvalue weighted by atomic mass is 10.0. The van der Waals surface area contributed by atoms with E-state index in [2.05, 4.69) is 13.8 Å². The highest BCUT2D eigenvalue weighted by molar-refractivity contribution is 5.98. The lowest BCUT2D eigenvalue weighted by Gasteiger charge is -2.33. The van der Waals surface area contributed by atoms with Crippen molar-refractivity contribution in [2.75, 3.05) is 13.7 Å². The molecular weight excluding hydrogens is 498 g/mol. The van der Waals surface area contributed by atoms with Crippen LogP contribution in [0.5, 0.6) is 5.75 Å². The summed E-state index contributed by atoms with van der Waals surface area (Å²) in [6.07, 6.45) is 1.40. The molecule has 204 valence electrons. The van der Waals surface area contributed by atoms with Crippen LogP contribution in [-0.2, 0) is 0 Å². The number of carbonyl (C=O) groups is 1. The second-order valence-corrected chi connectivity index (χ2v) is 10.5. The first-order valence-electron chi connectivity index (χ1n) is 13.9. The van der Waals surface area contributed by atoms with Crippen LogP contribution in [0.2, 0.25) is 0 Å². The van der Waals surface area contributed by atoms with Crippen molar-refractivity contribution < 1.29 is 9.53 Å². The van der Waals surface area contributed by atoms with E-state index in [0.717, 1.165) is 17.2 Å². The van der Waals surface area contributed by atoms with E-state index < -0.39 is 6.04 Å². The molecule has 6 heteroatoms. The highest BCUT2D eigenvalue weighted by Gasteiger charge is 2.30. The molecule has 5 rings (SSSR count). The minimum absolute atomic E-state index is 0.0766. The Morgan fingerprint density at radius 2 is 1.62 bits per heavy atom. The lowest BCUT2D eigenvalue weighted by molar-refractivity contribution is 0.0649. The number of rotatable bonds is 9. The lowest BCUT2D eigenvalue weighted by Crippen LogP contribution is -2.39. The van der Waals surface area contributed by atoms with Gasteiger partial charge in [-0.05, 0) is 65.9 Å². The summed E-state index contributed by atoms with van der Waals surface area (Å²) in [4.78, 5) is 35.3. The van der Waals surface area contributed by atoms with Gasteiger partial charge in [0.25, 0.3) is 11.5 Å². The fourth-order valence-electron chi connectivity index (χ4n) is 5.25. The van der Waals surface area contributed by atoms with E-state index in [4.69, 9.17) is 9.72 Å². The number of methoxy groups -OCH3 is 1. The summed E-state index contributed by atoms with van der Waals surface area (Å²) < 4.78 is 7.29. The second kappa shape index (κ2) is 11.7. The summed E-state index contributed by atoms with van der Waals surface area (Å²) in [6, 6.07) is 28.2. The van der Waals surface area contributed by atoms with E-state index >= 15 is 0 Å². The number of ether oxygens (including phenoxy) is 1. The van der Waals surface area contributed by atoms with Crippen LogP contribution in [0.25, 0.3) is 27.4 Å². The molecule has 0 saturated carbocycles. The molecule has 5 aromatic rings. The Labute approximate surface area is 234 Å². The van der Waals surface area contributed by atoms with Gasteiger partial charge < -0.3 is 9.64 Å². The number of nitrogens with zero attached hydrogens (tertiary/aromatic N) is 3. The Balaban J connectivity index is 1.72. The molecule has 0 aliphatic heterocycles. The average Bonchev–Trinajstić information content (AvgIpc) is 2.98. The van der Waals surface area contributed by atoms with Gasteiger partial charge in [0.2, 0.25) is 0 Å². The number of aromatic nitrogens is 2. The molecule has 0 radical (unpaired) electrons. The highest BCUT2D eigenvalue weighted by Crippen LogP contribution is 2.31. The number of hydrogen-bond acceptors (Lipinski definition) is 4. The van der Waals surface area contributed by atoms with E-state index in [1.54, 1.807) is 17.7 Å². The van der Waals surface area contributed by atoms with Gasteiger partial charge in [0.15, 0.2) is 0 Å². The third-order valence-electron chi connectivity index (χ3n) is 7.39. The van der Waals surface area contributed by atoms with Crippen LogP contribution in [0.15, 0.2) is 95.8 Å². The molecule has 0 fully saturated rings. The molecule has 0 aliphatic rings. The van der Waals surface area contributed by atoms with Gasteiger partial charge in [0.05, 0.1) is 29.7 Å². The fourth-order valence-corrected chi connectivity index (χ4v) is 5.25. The quantitative estimate of drug-likeness (QED) is 0.201. The largest absolute Gasteiger partial charge is 0.495 e. The maximum Gasteiger partial charge on any atom is 0.266 e. The van der Waals surface area contributed by atoms with E-state index in [1.807, 2.05) is 96.8 Å². The summed E-state index contributed by atoms with van der Waals surface area (Å²) in [5.41, 5.74) is 1.64. The minimum Gasteiger partial charge on any atom is -0.495 e. The Kier molecular flexibility index (Phi) is 7.96. The third kappa shape index (κ3) is 5.22. The highest BCUT2D eigenvalue weighted by atomic mass is 16.5. The van der Waals surface area contributed by atoms with Gasteiger partial charge in [-0.2, -0.15) is 0 Å². The van der Waals surface area contributed by atoms with E-state index in [9.17, 15) is 9.59 Å². The summed E-state index contributed by atoms with van der Waals surface area (Å²) in [7, 11) is 1.59. The zero-order valence-corrected chi connectivity index (χ0v) is 23.5. The first kappa shape index (κ1) is 27.1. The van der Waals surface area contributed by atoms with Crippen molar-refractivity contribution in [1.29, 1.82) is 0 Å². The van der Waals surface area contributed by atoms with Crippen molar-refractivity contribution >= 4 is 27.6 Å². The van der Waals surface area contributed by atoms with Gasteiger partial charge in [-0.15, -0.1) is 0 Å². The Morgan fingerprint density at radius 1 is 0.925 bits per heavy atom. The number of carbonyl (C=O) groups excluding carboxylic acids is 1. The smallest absolute Gasteiger partial charge is 0.266 e. The third-order valence-corrected chi connectivity index (χ3v) is 7.39. The number of fused-ring (bicyclic) bond motifs is 2. The van der Waals surface area contributed by atoms with Gasteiger partial charge in [-0.25, -0.2) is 4.98 Å². The monoisotopic (exact) mass is 533 g/mol. The Bertz CT molecular complexity index is 1720. The topological polar surface area (TPSA) is 64.4 Å². The molecule has 1 amide bonds. The van der Waals surface area contributed by atoms with Crippen LogP contribution >= 0.6 is 0 Å². The van der Waals surface area contributed by atoms with Crippen LogP contribution in [0.3, 0.4) is 0 Å². The molecule has 0 N–H and O–H groups in total. The van der Waals surface area contributed by atoms with Crippen LogP contribution in [0.1, 0.15) is 55.8 Å². The van der Waals surface area contributed by atoms with Crippen molar-refractivity contribution in [2.45, 2.75) is 39.7 Å². The normalized spacial score (nSPS) is 12.1. The maximum absolute atomic E-state index is 14.3. The van der Waals surface area contributed by atoms with E-state index in [0.29, 0.717) is 52.6 Å². The van der Waals surface area contributed by atoms with Crippen molar-refractivity contribution in [3.05, 3.63) is 113 Å². The van der Waals surface area contributed by atoms with Crippen molar-refractivity contribution in [3.8, 4) is 11.4 Å². The van der Waals surface area contributed by atoms with Crippen LogP contribution in [-0.4, -0.2) is 34.0 Å². The molecule has 0 bridgehead atoms. The Morgan fingerprint density at radius 3 is 2.38 bits per heavy atom. The molecule has 1 aromatic heterocycles. The van der Waals surface area contributed by atoms with Gasteiger partial charge in [-0.1, -0.05) is 75.4 Å². The van der Waals surface area contributed by atoms with Crippen molar-refractivity contribution in [2.24, 2.45) is 5.92 Å². The molecule has 0 saturated heterocycles. The summed E-state index contributed by atoms with van der Waals surface area (Å²) in [5.74, 6) is 1.40. The SMILES string of the molecule is CCC(c1nc2ccccc2c(=O)n1-c1ccccc1OC)N(CCC(C)C)C(=O)c1ccc2ccccc2c1. The zero-order valence-electron chi connectivity index (χ0n) is 23.5. The van der Waals surface area contributed by atoms with Crippen molar-refractivity contribution in [1.82, 2.24) is 14.5 Å². The first-order chi connectivity index (χ1) is 19.4. The molecule has 1 unspecified atom stereocenters. The predicted molar refractivity (Wildman–Crippen MR) is 161 cm³/mol. The van der Waals surface area contributed by atoms with Crippen molar-refractivity contribution in [3.63, 3.8) is 0 Å². The van der Waals surface area contributed by atoms with Gasteiger partial charge in [-0.3, -0.25) is 14.2 Å². The molecule has 6 nitrogen and oxygen atoms in total. The van der Waals surface area contributed by atoms with Gasteiger partial charge >= 0.3 is 0 Å². The molecule has 40 heavy (non-hydrogen) atoms. The van der Waals surface area contributed by atoms with Crippen LogP contribution in [0.4, 0.5) is 0 Å². The van der Waals surface area contributed by atoms with Gasteiger partial charge in [0, 0.05) is 12.1 Å². The average molecular weight is 534 g/mol. The summed E-state index contributed by atoms with van der Waals surface area (Å²) >= 11 is 0. The second-order valence-electron chi connectivity index (χ2n) is 10.5. The number of para-hydroxylation sites is 3. The molecule has 1 atom stereocenters. The zero-order chi connectivity index (χ0) is 28.2. The maximum atomic E-state index is 14.3. The van der Waals surface area contributed by atoms with Crippen LogP contribution < -0.4 is 10.3 Å². The standard InChI is InChI=1S/C34H35N3O3/c1-5-29(36(21-20-23(2)3)33(38)26-19-18-24-12-6-7-13-25(24)22-26)32-35-28-15-9-8-14-27(28)34(39)37(32)30-16-10-11-17-31(30)40-4/h6-19,22-23,29H,5,20-21H2,1-4H3. The molecule has 1 heterocycles. The minimum atomic E-state index is -0.445. The fraction of sp³-hybridized carbons (Fsp3) is 0.265. The molecule has 0 aliphatic carbocycles. The van der Waals surface area contributed by atoms with E-state index in [-0.39, 0.29) is 11.5 Å². The first-order valence-corrected chi connectivity index (χ1v) is 13.9. The predicted octanol–water partition coefficient (Wildman–Crippen LogP) is 7.19. The number of hydrogen-bond donors (Lipinski definition) is 0. The number of amides is 1. The Hall–Kier alpha value is -4.45. The molecular formula is C34H35N3O3. The summed E-state index contributed by atoms with van der Waals surface area (Å²) in [5, 5.41) is 2.61.